The number of fused-ring (bicyclic) bond motifs is 13. The first-order chi connectivity index (χ1) is 39.8. The van der Waals surface area contributed by atoms with Gasteiger partial charge >= 0.3 is 6.85 Å². The van der Waals surface area contributed by atoms with Crippen molar-refractivity contribution in [2.45, 2.75) is 124 Å². The molecule has 0 bridgehead atoms. The van der Waals surface area contributed by atoms with E-state index < -0.39 is 0 Å². The molecule has 14 rings (SSSR count). The van der Waals surface area contributed by atoms with Crippen LogP contribution in [0.1, 0.15) is 126 Å². The van der Waals surface area contributed by atoms with E-state index in [9.17, 15) is 0 Å². The third-order valence-electron chi connectivity index (χ3n) is 18.1. The quantitative estimate of drug-likeness (QED) is 0.0850. The minimum atomic E-state index is -0.326. The molecule has 0 fully saturated rings. The van der Waals surface area contributed by atoms with Crippen LogP contribution in [0.15, 0.2) is 191 Å². The Hall–Kier alpha value is -8.22. The second kappa shape index (κ2) is 20.7. The number of unbranched alkanes of at least 4 members (excludes halogenated alkanes) is 4. The second-order valence-electron chi connectivity index (χ2n) is 23.8. The van der Waals surface area contributed by atoms with Crippen LogP contribution in [0.4, 0.5) is 45.5 Å². The summed E-state index contributed by atoms with van der Waals surface area (Å²) in [6.07, 6.45) is 13.5. The first kappa shape index (κ1) is 51.0. The monoisotopic (exact) mass is 1060 g/mol. The number of nitrogens with zero attached hydrogens (tertiary/aromatic N) is 3. The summed E-state index contributed by atoms with van der Waals surface area (Å²) >= 11 is 0. The van der Waals surface area contributed by atoms with Crippen molar-refractivity contribution < 1.29 is 8.83 Å². The van der Waals surface area contributed by atoms with E-state index >= 15 is 0 Å². The molecule has 0 saturated heterocycles. The lowest BCUT2D eigenvalue weighted by Gasteiger charge is -2.44. The zero-order valence-corrected chi connectivity index (χ0v) is 48.0. The SMILES string of the molecule is CCCCc1ccc(N2B3c4oc5ccc(CCCC)cc5c4N(c4ccc(CCCC)cc4)c4c3c(cc3c4oc4ccccc43)-c3cc4c(cc32)C(C)(C)c2ccc(N(c3ccccc3)c3ccc(CCCC)cc3)cc2-4)cc1. The summed E-state index contributed by atoms with van der Waals surface area (Å²) in [5.41, 5.74) is 26.6. The maximum Gasteiger partial charge on any atom is 0.376 e. The smallest absolute Gasteiger partial charge is 0.376 e. The normalized spacial score (nSPS) is 13.7. The fourth-order valence-electron chi connectivity index (χ4n) is 13.8. The van der Waals surface area contributed by atoms with Gasteiger partial charge in [-0.1, -0.05) is 152 Å². The zero-order valence-electron chi connectivity index (χ0n) is 48.0. The Morgan fingerprint density at radius 3 is 1.68 bits per heavy atom. The number of aryl methyl sites for hydroxylation is 4. The highest BCUT2D eigenvalue weighted by atomic mass is 16.3. The van der Waals surface area contributed by atoms with Crippen LogP contribution in [-0.4, -0.2) is 6.85 Å². The van der Waals surface area contributed by atoms with Crippen LogP contribution < -0.4 is 25.7 Å². The Morgan fingerprint density at radius 1 is 0.432 bits per heavy atom. The molecule has 3 aliphatic rings. The average Bonchev–Trinajstić information content (AvgIpc) is 4.34. The predicted octanol–water partition coefficient (Wildman–Crippen LogP) is 20.2. The van der Waals surface area contributed by atoms with Crippen LogP contribution >= 0.6 is 0 Å². The number of anilines is 8. The van der Waals surface area contributed by atoms with Crippen molar-refractivity contribution in [2.75, 3.05) is 14.6 Å². The van der Waals surface area contributed by atoms with Gasteiger partial charge in [0, 0.05) is 61.3 Å². The van der Waals surface area contributed by atoms with Crippen LogP contribution in [0.3, 0.4) is 0 Å². The van der Waals surface area contributed by atoms with Crippen LogP contribution in [0.25, 0.3) is 55.2 Å². The van der Waals surface area contributed by atoms with Gasteiger partial charge in [-0.3, -0.25) is 0 Å². The molecule has 2 aromatic heterocycles. The maximum absolute atomic E-state index is 7.54. The van der Waals surface area contributed by atoms with Crippen molar-refractivity contribution in [2.24, 2.45) is 0 Å². The number of furan rings is 2. The van der Waals surface area contributed by atoms with E-state index in [1.807, 2.05) is 0 Å². The number of hydrogen-bond acceptors (Lipinski definition) is 5. The average molecular weight is 1060 g/mol. The molecule has 0 radical (unpaired) electrons. The number of para-hydroxylation sites is 2. The molecular formula is C75H72BN3O2. The van der Waals surface area contributed by atoms with E-state index in [0.717, 1.165) is 143 Å². The highest BCUT2D eigenvalue weighted by Gasteiger charge is 2.51. The Morgan fingerprint density at radius 2 is 1.00 bits per heavy atom. The van der Waals surface area contributed by atoms with Crippen molar-refractivity contribution >= 4 is 96.4 Å². The molecule has 5 nitrogen and oxygen atoms in total. The predicted molar refractivity (Wildman–Crippen MR) is 344 cm³/mol. The molecule has 0 saturated carbocycles. The van der Waals surface area contributed by atoms with E-state index in [4.69, 9.17) is 8.83 Å². The minimum absolute atomic E-state index is 0.297. The van der Waals surface area contributed by atoms with Gasteiger partial charge in [-0.15, -0.1) is 0 Å². The van der Waals surface area contributed by atoms with Crippen molar-refractivity contribution in [1.29, 1.82) is 0 Å². The molecule has 0 amide bonds. The molecule has 4 heterocycles. The highest BCUT2D eigenvalue weighted by molar-refractivity contribution is 6.93. The number of hydrogen-bond donors (Lipinski definition) is 0. The molecule has 0 N–H and O–H groups in total. The van der Waals surface area contributed by atoms with Crippen molar-refractivity contribution in [1.82, 2.24) is 0 Å². The Bertz CT molecular complexity index is 4150. The fraction of sp³-hybridized carbons (Fsp3) is 0.253. The first-order valence-corrected chi connectivity index (χ1v) is 30.3. The van der Waals surface area contributed by atoms with Crippen LogP contribution in [0.2, 0.25) is 0 Å². The zero-order chi connectivity index (χ0) is 54.9. The Kier molecular flexibility index (Phi) is 13.0. The fourth-order valence-corrected chi connectivity index (χ4v) is 13.8. The maximum atomic E-state index is 7.54. The minimum Gasteiger partial charge on any atom is -0.466 e. The molecule has 0 atom stereocenters. The lowest BCUT2D eigenvalue weighted by molar-refractivity contribution is 0.649. The topological polar surface area (TPSA) is 36.0 Å². The van der Waals surface area contributed by atoms with Crippen LogP contribution in [-0.2, 0) is 31.1 Å². The van der Waals surface area contributed by atoms with Gasteiger partial charge in [0.1, 0.15) is 16.8 Å². The number of rotatable bonds is 17. The third-order valence-corrected chi connectivity index (χ3v) is 18.1. The molecule has 402 valence electrons. The van der Waals surface area contributed by atoms with Gasteiger partial charge in [-0.25, -0.2) is 0 Å². The van der Waals surface area contributed by atoms with E-state index in [1.54, 1.807) is 0 Å². The van der Waals surface area contributed by atoms with E-state index in [-0.39, 0.29) is 12.3 Å². The largest absolute Gasteiger partial charge is 0.466 e. The van der Waals surface area contributed by atoms with Gasteiger partial charge in [-0.05, 0) is 204 Å². The molecule has 2 aliphatic heterocycles. The van der Waals surface area contributed by atoms with E-state index in [2.05, 4.69) is 238 Å². The van der Waals surface area contributed by atoms with Crippen molar-refractivity contribution in [3.8, 4) is 22.3 Å². The molecule has 1 aliphatic carbocycles. The second-order valence-corrected chi connectivity index (χ2v) is 23.8. The summed E-state index contributed by atoms with van der Waals surface area (Å²) in [5, 5.41) is 3.36. The molecule has 81 heavy (non-hydrogen) atoms. The van der Waals surface area contributed by atoms with E-state index in [1.165, 1.54) is 79.6 Å². The molecular weight excluding hydrogens is 986 g/mol. The van der Waals surface area contributed by atoms with E-state index in [0.29, 0.717) is 0 Å². The summed E-state index contributed by atoms with van der Waals surface area (Å²) in [6, 6.07) is 69.4. The lowest BCUT2D eigenvalue weighted by Crippen LogP contribution is -2.61. The summed E-state index contributed by atoms with van der Waals surface area (Å²) < 4.78 is 14.8. The summed E-state index contributed by atoms with van der Waals surface area (Å²) in [7, 11) is 0. The highest BCUT2D eigenvalue weighted by Crippen LogP contribution is 2.57. The van der Waals surface area contributed by atoms with Gasteiger partial charge in [-0.2, -0.15) is 0 Å². The molecule has 9 aromatic carbocycles. The Labute approximate surface area is 479 Å². The van der Waals surface area contributed by atoms with Crippen molar-refractivity contribution in [3.63, 3.8) is 0 Å². The summed E-state index contributed by atoms with van der Waals surface area (Å²) in [5.74, 6) is 0. The summed E-state index contributed by atoms with van der Waals surface area (Å²) in [6.45, 7) is 13.6. The Balaban J connectivity index is 1.05. The van der Waals surface area contributed by atoms with Crippen molar-refractivity contribution in [3.05, 3.63) is 215 Å². The van der Waals surface area contributed by atoms with Crippen LogP contribution in [0, 0.1) is 0 Å². The molecule has 0 spiro atoms. The molecule has 0 unspecified atom stereocenters. The van der Waals surface area contributed by atoms with Crippen LogP contribution in [0.5, 0.6) is 0 Å². The van der Waals surface area contributed by atoms with Gasteiger partial charge in [0.15, 0.2) is 5.58 Å². The van der Waals surface area contributed by atoms with Gasteiger partial charge in [0.05, 0.1) is 11.4 Å². The van der Waals surface area contributed by atoms with Gasteiger partial charge < -0.3 is 23.4 Å². The standard InChI is InChI=1S/C75H72BN3O2/c1-7-11-20-49-28-35-54(36-29-49)77(53-24-16-15-17-25-53)57-41-42-65-59(45-57)60-46-61-62-47-63-58-26-18-19-27-68(58)80-73(63)72-70(62)76(79(67(61)48-66(60)75(65,5)6)56-39-32-51(33-40-56)22-13-9-3)74-71(64-44-52(23-14-10-4)34-43-69(64)81-74)78(72)55-37-30-50(31-38-55)21-12-8-2/h15-19,24-48H,7-14,20-23H2,1-6H3. The van der Waals surface area contributed by atoms with Gasteiger partial charge in [0.25, 0.3) is 0 Å². The lowest BCUT2D eigenvalue weighted by atomic mass is 9.45. The van der Waals surface area contributed by atoms with Gasteiger partial charge in [0.2, 0.25) is 0 Å². The first-order valence-electron chi connectivity index (χ1n) is 30.3. The molecule has 6 heteroatoms. The summed E-state index contributed by atoms with van der Waals surface area (Å²) in [4.78, 5) is 7.59. The molecule has 11 aromatic rings. The third kappa shape index (κ3) is 8.50. The number of benzene rings is 9.